The maximum Gasteiger partial charge on any atom is 0.350 e. The van der Waals surface area contributed by atoms with Crippen molar-refractivity contribution >= 4 is 28.9 Å². The van der Waals surface area contributed by atoms with Crippen molar-refractivity contribution in [3.8, 4) is 0 Å². The second-order valence-corrected chi connectivity index (χ2v) is 5.53. The van der Waals surface area contributed by atoms with E-state index in [1.54, 1.807) is 31.8 Å². The molecule has 0 atom stereocenters. The second-order valence-electron chi connectivity index (χ2n) is 4.11. The fourth-order valence-corrected chi connectivity index (χ4v) is 2.67. The van der Waals surface area contributed by atoms with E-state index < -0.39 is 5.97 Å². The molecule has 2 heterocycles. The van der Waals surface area contributed by atoms with Gasteiger partial charge in [0.1, 0.15) is 16.5 Å². The van der Waals surface area contributed by atoms with Gasteiger partial charge >= 0.3 is 5.97 Å². The Morgan fingerprint density at radius 2 is 2.25 bits per heavy atom. The number of rotatable bonds is 5. The summed E-state index contributed by atoms with van der Waals surface area (Å²) in [5.74, 6) is -0.403. The van der Waals surface area contributed by atoms with Gasteiger partial charge in [-0.2, -0.15) is 0 Å². The van der Waals surface area contributed by atoms with Gasteiger partial charge in [-0.15, -0.1) is 11.3 Å². The van der Waals surface area contributed by atoms with E-state index in [9.17, 15) is 4.79 Å². The van der Waals surface area contributed by atoms with E-state index in [1.165, 1.54) is 11.3 Å². The molecule has 0 aliphatic rings. The van der Waals surface area contributed by atoms with Gasteiger partial charge in [-0.05, 0) is 18.5 Å². The van der Waals surface area contributed by atoms with Gasteiger partial charge in [0, 0.05) is 14.2 Å². The number of halogens is 1. The molecule has 0 aliphatic heterocycles. The summed E-state index contributed by atoms with van der Waals surface area (Å²) in [6.07, 6.45) is 1.57. The quantitative estimate of drug-likeness (QED) is 0.792. The number of aromatic nitrogens is 3. The van der Waals surface area contributed by atoms with Crippen molar-refractivity contribution in [1.29, 1.82) is 0 Å². The van der Waals surface area contributed by atoms with E-state index in [4.69, 9.17) is 21.1 Å². The summed E-state index contributed by atoms with van der Waals surface area (Å²) in [5.41, 5.74) is 1.37. The van der Waals surface area contributed by atoms with Crippen LogP contribution >= 0.6 is 22.9 Å². The molecule has 0 unspecified atom stereocenters. The van der Waals surface area contributed by atoms with Crippen LogP contribution in [-0.4, -0.2) is 27.6 Å². The van der Waals surface area contributed by atoms with E-state index in [0.29, 0.717) is 22.5 Å². The van der Waals surface area contributed by atoms with Crippen molar-refractivity contribution in [2.75, 3.05) is 7.11 Å². The number of ether oxygens (including phenoxy) is 2. The van der Waals surface area contributed by atoms with Gasteiger partial charge in [0.25, 0.3) is 0 Å². The smallest absolute Gasteiger partial charge is 0.350 e. The molecule has 0 N–H and O–H groups in total. The van der Waals surface area contributed by atoms with Gasteiger partial charge in [-0.25, -0.2) is 14.8 Å². The highest BCUT2D eigenvalue weighted by molar-refractivity contribution is 7.13. The summed E-state index contributed by atoms with van der Waals surface area (Å²) in [4.78, 5) is 20.7. The minimum Gasteiger partial charge on any atom is -0.455 e. The summed E-state index contributed by atoms with van der Waals surface area (Å²) in [6, 6.07) is 0. The lowest BCUT2D eigenvalue weighted by Gasteiger charge is -2.04. The molecule has 2 aromatic rings. The SMILES string of the molecule is COCc1nc(C)c(C(=O)OCc2cnc(Cl)n2C)s1. The molecule has 0 aromatic carbocycles. The lowest BCUT2D eigenvalue weighted by atomic mass is 10.4. The van der Waals surface area contributed by atoms with E-state index in [1.807, 2.05) is 0 Å². The first-order valence-corrected chi connectivity index (χ1v) is 7.00. The zero-order valence-electron chi connectivity index (χ0n) is 11.3. The lowest BCUT2D eigenvalue weighted by Crippen LogP contribution is -2.07. The zero-order chi connectivity index (χ0) is 14.7. The third-order valence-corrected chi connectivity index (χ3v) is 4.14. The van der Waals surface area contributed by atoms with Gasteiger partial charge in [0.05, 0.1) is 24.2 Å². The number of methoxy groups -OCH3 is 1. The van der Waals surface area contributed by atoms with Gasteiger partial charge < -0.3 is 14.0 Å². The van der Waals surface area contributed by atoms with Gasteiger partial charge in [0.15, 0.2) is 0 Å². The molecule has 108 valence electrons. The first-order valence-electron chi connectivity index (χ1n) is 5.81. The third-order valence-electron chi connectivity index (χ3n) is 2.67. The summed E-state index contributed by atoms with van der Waals surface area (Å²) in [6.45, 7) is 2.27. The Bertz CT molecular complexity index is 623. The number of hydrogen-bond donors (Lipinski definition) is 0. The third kappa shape index (κ3) is 3.17. The Morgan fingerprint density at radius 1 is 1.50 bits per heavy atom. The largest absolute Gasteiger partial charge is 0.455 e. The van der Waals surface area contributed by atoms with Crippen molar-refractivity contribution < 1.29 is 14.3 Å². The summed E-state index contributed by atoms with van der Waals surface area (Å²) >= 11 is 7.09. The van der Waals surface area contributed by atoms with Crippen molar-refractivity contribution in [2.24, 2.45) is 7.05 Å². The highest BCUT2D eigenvalue weighted by Gasteiger charge is 2.17. The molecule has 0 saturated heterocycles. The van der Waals surface area contributed by atoms with E-state index >= 15 is 0 Å². The van der Waals surface area contributed by atoms with Crippen LogP contribution < -0.4 is 0 Å². The Labute approximate surface area is 125 Å². The van der Waals surface area contributed by atoms with Crippen LogP contribution in [0, 0.1) is 6.92 Å². The minimum atomic E-state index is -0.403. The Hall–Kier alpha value is -1.44. The fraction of sp³-hybridized carbons (Fsp3) is 0.417. The number of aryl methyl sites for hydroxylation is 1. The molecule has 0 radical (unpaired) electrons. The first-order chi connectivity index (χ1) is 9.52. The van der Waals surface area contributed by atoms with Gasteiger partial charge in [-0.3, -0.25) is 0 Å². The maximum absolute atomic E-state index is 12.0. The maximum atomic E-state index is 12.0. The van der Waals surface area contributed by atoms with Crippen LogP contribution in [0.25, 0.3) is 0 Å². The number of carbonyl (C=O) groups excluding carboxylic acids is 1. The van der Waals surface area contributed by atoms with Crippen LogP contribution in [0.2, 0.25) is 5.28 Å². The molecule has 20 heavy (non-hydrogen) atoms. The van der Waals surface area contributed by atoms with Crippen LogP contribution in [-0.2, 0) is 29.7 Å². The molecule has 6 nitrogen and oxygen atoms in total. The monoisotopic (exact) mass is 315 g/mol. The lowest BCUT2D eigenvalue weighted by molar-refractivity contribution is 0.0469. The number of carbonyl (C=O) groups is 1. The Morgan fingerprint density at radius 3 is 2.85 bits per heavy atom. The molecule has 0 saturated carbocycles. The number of nitrogens with zero attached hydrogens (tertiary/aromatic N) is 3. The first kappa shape index (κ1) is 15.0. The highest BCUT2D eigenvalue weighted by Crippen LogP contribution is 2.20. The molecule has 2 rings (SSSR count). The predicted molar refractivity (Wildman–Crippen MR) is 74.9 cm³/mol. The normalized spacial score (nSPS) is 10.8. The van der Waals surface area contributed by atoms with E-state index in [2.05, 4.69) is 9.97 Å². The van der Waals surface area contributed by atoms with Gasteiger partial charge in [-0.1, -0.05) is 0 Å². The molecule has 0 bridgehead atoms. The average Bonchev–Trinajstić information content (AvgIpc) is 2.93. The molecule has 0 spiro atoms. The number of hydrogen-bond acceptors (Lipinski definition) is 6. The Balaban J connectivity index is 2.03. The van der Waals surface area contributed by atoms with Crippen LogP contribution in [0.4, 0.5) is 0 Å². The Kier molecular flexibility index (Phi) is 4.74. The molecule has 2 aromatic heterocycles. The van der Waals surface area contributed by atoms with Crippen LogP contribution in [0.15, 0.2) is 6.20 Å². The topological polar surface area (TPSA) is 66.2 Å². The fourth-order valence-electron chi connectivity index (χ4n) is 1.59. The second kappa shape index (κ2) is 6.34. The van der Waals surface area contributed by atoms with Crippen molar-refractivity contribution in [2.45, 2.75) is 20.1 Å². The molecule has 8 heteroatoms. The molecular formula is C12H14ClN3O3S. The summed E-state index contributed by atoms with van der Waals surface area (Å²) in [5, 5.41) is 1.10. The average molecular weight is 316 g/mol. The van der Waals surface area contributed by atoms with Crippen molar-refractivity contribution in [3.05, 3.63) is 32.8 Å². The molecule has 0 amide bonds. The van der Waals surface area contributed by atoms with E-state index in [-0.39, 0.29) is 6.61 Å². The summed E-state index contributed by atoms with van der Waals surface area (Å²) in [7, 11) is 3.34. The number of esters is 1. The molecule has 0 fully saturated rings. The number of thiazole rings is 1. The zero-order valence-corrected chi connectivity index (χ0v) is 12.9. The van der Waals surface area contributed by atoms with Gasteiger partial charge in [0.2, 0.25) is 5.28 Å². The van der Waals surface area contributed by atoms with E-state index in [0.717, 1.165) is 10.7 Å². The standard InChI is InChI=1S/C12H14ClN3O3S/c1-7-10(20-9(15-7)6-18-3)11(17)19-5-8-4-14-12(13)16(8)2/h4H,5-6H2,1-3H3. The van der Waals surface area contributed by atoms with Crippen LogP contribution in [0.3, 0.4) is 0 Å². The molecule has 0 aliphatic carbocycles. The van der Waals surface area contributed by atoms with Crippen molar-refractivity contribution in [3.63, 3.8) is 0 Å². The minimum absolute atomic E-state index is 0.117. The summed E-state index contributed by atoms with van der Waals surface area (Å²) < 4.78 is 11.9. The number of imidazole rings is 1. The highest BCUT2D eigenvalue weighted by atomic mass is 35.5. The van der Waals surface area contributed by atoms with Crippen LogP contribution in [0.5, 0.6) is 0 Å². The molecular weight excluding hydrogens is 302 g/mol. The van der Waals surface area contributed by atoms with Crippen molar-refractivity contribution in [1.82, 2.24) is 14.5 Å². The predicted octanol–water partition coefficient (Wildman–Crippen LogP) is 2.34. The van der Waals surface area contributed by atoms with Crippen LogP contribution in [0.1, 0.15) is 26.1 Å².